The Morgan fingerprint density at radius 3 is 2.79 bits per heavy atom. The lowest BCUT2D eigenvalue weighted by atomic mass is 9.96. The molecule has 1 aliphatic carbocycles. The molecule has 0 atom stereocenters. The van der Waals surface area contributed by atoms with Gasteiger partial charge >= 0.3 is 0 Å². The fourth-order valence-corrected chi connectivity index (χ4v) is 5.50. The lowest BCUT2D eigenvalue weighted by Crippen LogP contribution is -2.21. The van der Waals surface area contributed by atoms with Gasteiger partial charge in [-0.25, -0.2) is 4.99 Å². The standard InChI is InChI=1S/C27H23N3O3S/c1-16-7-5-9-18(13-16)29-25(31)20-14-17-8-6-11-22(32-2)24(17)33-26(20)30-27-21(15-28)19-10-3-4-12-23(19)34-27/h5-9,11,13-14H,3-4,10,12H2,1-2H3,(H,29,31)/b30-26-. The number of amides is 1. The van der Waals surface area contributed by atoms with Crippen molar-refractivity contribution in [3.63, 3.8) is 0 Å². The van der Waals surface area contributed by atoms with E-state index in [1.165, 1.54) is 16.2 Å². The van der Waals surface area contributed by atoms with E-state index < -0.39 is 0 Å². The van der Waals surface area contributed by atoms with Crippen molar-refractivity contribution in [3.05, 3.63) is 81.2 Å². The Morgan fingerprint density at radius 1 is 1.18 bits per heavy atom. The van der Waals surface area contributed by atoms with E-state index in [1.54, 1.807) is 19.2 Å². The van der Waals surface area contributed by atoms with E-state index in [9.17, 15) is 10.1 Å². The highest BCUT2D eigenvalue weighted by atomic mass is 32.1. The molecule has 1 amide bonds. The van der Waals surface area contributed by atoms with Crippen LogP contribution in [-0.4, -0.2) is 13.0 Å². The second-order valence-electron chi connectivity index (χ2n) is 8.28. The number of carbonyl (C=O) groups is 1. The van der Waals surface area contributed by atoms with Crippen LogP contribution >= 0.6 is 11.3 Å². The van der Waals surface area contributed by atoms with Crippen molar-refractivity contribution in [3.8, 4) is 11.8 Å². The van der Waals surface area contributed by atoms with Crippen LogP contribution in [0.2, 0.25) is 0 Å². The SMILES string of the molecule is COc1cccc2cc(C(=O)Nc3cccc(C)c3)/c(=N/c3sc4c(c3C#N)CCCC4)oc12. The molecule has 2 aromatic heterocycles. The van der Waals surface area contributed by atoms with Gasteiger partial charge in [0.1, 0.15) is 16.6 Å². The molecule has 0 aliphatic heterocycles. The van der Waals surface area contributed by atoms with Crippen LogP contribution in [0.3, 0.4) is 0 Å². The molecular formula is C27H23N3O3S. The number of hydrogen-bond acceptors (Lipinski definition) is 6. The quantitative estimate of drug-likeness (QED) is 0.394. The summed E-state index contributed by atoms with van der Waals surface area (Å²) in [5.74, 6) is 0.211. The van der Waals surface area contributed by atoms with E-state index in [-0.39, 0.29) is 17.0 Å². The van der Waals surface area contributed by atoms with Gasteiger partial charge in [-0.1, -0.05) is 24.3 Å². The van der Waals surface area contributed by atoms with Crippen LogP contribution in [0.5, 0.6) is 5.75 Å². The van der Waals surface area contributed by atoms with E-state index in [4.69, 9.17) is 14.1 Å². The second kappa shape index (κ2) is 9.16. The van der Waals surface area contributed by atoms with E-state index in [2.05, 4.69) is 11.4 Å². The van der Waals surface area contributed by atoms with E-state index in [0.717, 1.165) is 42.2 Å². The number of aryl methyl sites for hydroxylation is 2. The summed E-state index contributed by atoms with van der Waals surface area (Å²) < 4.78 is 11.6. The first-order chi connectivity index (χ1) is 16.6. The van der Waals surface area contributed by atoms with Crippen LogP contribution in [0.25, 0.3) is 11.0 Å². The zero-order valence-electron chi connectivity index (χ0n) is 19.0. The number of anilines is 1. The summed E-state index contributed by atoms with van der Waals surface area (Å²) in [5, 5.41) is 14.1. The van der Waals surface area contributed by atoms with E-state index in [1.807, 2.05) is 43.3 Å². The van der Waals surface area contributed by atoms with Gasteiger partial charge in [-0.15, -0.1) is 11.3 Å². The molecular weight excluding hydrogens is 446 g/mol. The predicted molar refractivity (Wildman–Crippen MR) is 133 cm³/mol. The Kier molecular flexibility index (Phi) is 5.91. The third kappa shape index (κ3) is 4.09. The minimum Gasteiger partial charge on any atom is -0.493 e. The molecule has 2 aromatic carbocycles. The number of hydrogen-bond donors (Lipinski definition) is 1. The molecule has 0 bridgehead atoms. The van der Waals surface area contributed by atoms with Gasteiger partial charge in [0.05, 0.1) is 12.7 Å². The van der Waals surface area contributed by atoms with Crippen LogP contribution < -0.4 is 15.6 Å². The molecule has 2 heterocycles. The third-order valence-electron chi connectivity index (χ3n) is 5.95. The van der Waals surface area contributed by atoms with Crippen molar-refractivity contribution in [2.24, 2.45) is 4.99 Å². The van der Waals surface area contributed by atoms with Gasteiger partial charge in [0.2, 0.25) is 5.55 Å². The summed E-state index contributed by atoms with van der Waals surface area (Å²) in [6.45, 7) is 1.97. The zero-order valence-corrected chi connectivity index (χ0v) is 19.8. The maximum absolute atomic E-state index is 13.4. The van der Waals surface area contributed by atoms with Gasteiger partial charge in [-0.3, -0.25) is 4.79 Å². The highest BCUT2D eigenvalue weighted by molar-refractivity contribution is 7.16. The second-order valence-corrected chi connectivity index (χ2v) is 9.37. The van der Waals surface area contributed by atoms with Crippen molar-refractivity contribution in [2.45, 2.75) is 32.6 Å². The summed E-state index contributed by atoms with van der Waals surface area (Å²) in [7, 11) is 1.57. The van der Waals surface area contributed by atoms with Crippen molar-refractivity contribution < 1.29 is 13.9 Å². The average molecular weight is 470 g/mol. The topological polar surface area (TPSA) is 87.6 Å². The smallest absolute Gasteiger partial charge is 0.261 e. The van der Waals surface area contributed by atoms with E-state index in [0.29, 0.717) is 27.6 Å². The lowest BCUT2D eigenvalue weighted by molar-refractivity contribution is 0.102. The normalized spacial score (nSPS) is 13.4. The summed E-state index contributed by atoms with van der Waals surface area (Å²) in [4.78, 5) is 19.3. The van der Waals surface area contributed by atoms with Crippen molar-refractivity contribution in [1.29, 1.82) is 5.26 Å². The molecule has 170 valence electrons. The van der Waals surface area contributed by atoms with Crippen LogP contribution in [0.1, 0.15) is 44.8 Å². The maximum atomic E-state index is 13.4. The number of para-hydroxylation sites is 1. The molecule has 34 heavy (non-hydrogen) atoms. The van der Waals surface area contributed by atoms with Gasteiger partial charge in [0, 0.05) is 16.0 Å². The molecule has 6 nitrogen and oxygen atoms in total. The van der Waals surface area contributed by atoms with Gasteiger partial charge in [0.15, 0.2) is 11.3 Å². The number of nitrogens with one attached hydrogen (secondary N) is 1. The highest BCUT2D eigenvalue weighted by Crippen LogP contribution is 2.39. The Hall–Kier alpha value is -3.89. The monoisotopic (exact) mass is 469 g/mol. The Balaban J connectivity index is 1.70. The van der Waals surface area contributed by atoms with Gasteiger partial charge in [-0.2, -0.15) is 5.26 Å². The molecule has 0 spiro atoms. The molecule has 7 heteroatoms. The number of rotatable bonds is 4. The number of ether oxygens (including phenoxy) is 1. The van der Waals surface area contributed by atoms with Gasteiger partial charge < -0.3 is 14.5 Å². The number of benzene rings is 2. The first-order valence-corrected chi connectivity index (χ1v) is 12.0. The van der Waals surface area contributed by atoms with Crippen molar-refractivity contribution in [1.82, 2.24) is 0 Å². The fourth-order valence-electron chi connectivity index (χ4n) is 4.29. The van der Waals surface area contributed by atoms with Gasteiger partial charge in [0.25, 0.3) is 5.91 Å². The molecule has 4 aromatic rings. The largest absolute Gasteiger partial charge is 0.493 e. The third-order valence-corrected chi connectivity index (χ3v) is 7.13. The zero-order chi connectivity index (χ0) is 23.7. The maximum Gasteiger partial charge on any atom is 0.261 e. The number of nitrogens with zero attached hydrogens (tertiary/aromatic N) is 2. The van der Waals surface area contributed by atoms with Crippen LogP contribution in [-0.2, 0) is 12.8 Å². The van der Waals surface area contributed by atoms with Crippen molar-refractivity contribution in [2.75, 3.05) is 12.4 Å². The molecule has 1 N–H and O–H groups in total. The summed E-state index contributed by atoms with van der Waals surface area (Å²) >= 11 is 1.51. The molecule has 0 saturated carbocycles. The minimum atomic E-state index is -0.336. The number of thiophene rings is 1. The average Bonchev–Trinajstić information content (AvgIpc) is 3.20. The summed E-state index contributed by atoms with van der Waals surface area (Å²) in [5.41, 5.74) is 4.33. The number of methoxy groups -OCH3 is 1. The molecule has 0 fully saturated rings. The molecule has 0 unspecified atom stereocenters. The Morgan fingerprint density at radius 2 is 2.00 bits per heavy atom. The summed E-state index contributed by atoms with van der Waals surface area (Å²) in [6, 6.07) is 17.2. The van der Waals surface area contributed by atoms with E-state index >= 15 is 0 Å². The van der Waals surface area contributed by atoms with Crippen LogP contribution in [0.15, 0.2) is 57.9 Å². The molecule has 0 radical (unpaired) electrons. The van der Waals surface area contributed by atoms with Crippen LogP contribution in [0.4, 0.5) is 10.7 Å². The van der Waals surface area contributed by atoms with Gasteiger partial charge in [-0.05, 0) is 68.0 Å². The molecule has 5 rings (SSSR count). The number of fused-ring (bicyclic) bond motifs is 2. The first kappa shape index (κ1) is 21.9. The Bertz CT molecular complexity index is 1520. The predicted octanol–water partition coefficient (Wildman–Crippen LogP) is 6.05. The molecule has 0 saturated heterocycles. The first-order valence-electron chi connectivity index (χ1n) is 11.2. The van der Waals surface area contributed by atoms with Crippen LogP contribution in [0, 0.1) is 18.3 Å². The number of nitriles is 1. The number of carbonyl (C=O) groups excluding carboxylic acids is 1. The fraction of sp³-hybridized carbons (Fsp3) is 0.222. The lowest BCUT2D eigenvalue weighted by Gasteiger charge is -2.09. The Labute approximate surface area is 201 Å². The summed E-state index contributed by atoms with van der Waals surface area (Å²) in [6.07, 6.45) is 4.01. The highest BCUT2D eigenvalue weighted by Gasteiger charge is 2.22. The minimum absolute atomic E-state index is 0.150. The van der Waals surface area contributed by atoms with Crippen molar-refractivity contribution >= 4 is 38.9 Å². The molecule has 1 aliphatic rings.